The topological polar surface area (TPSA) is 47.3 Å². The van der Waals surface area contributed by atoms with Crippen molar-refractivity contribution in [3.8, 4) is 6.07 Å². The molecule has 0 unspecified atom stereocenters. The Hall–Kier alpha value is -2.23. The van der Waals surface area contributed by atoms with Gasteiger partial charge in [0.05, 0.1) is 29.2 Å². The van der Waals surface area contributed by atoms with Crippen LogP contribution in [-0.2, 0) is 4.79 Å². The number of allylic oxidation sites excluding steroid dienone is 1. The molecule has 0 bridgehead atoms. The Morgan fingerprint density at radius 3 is 2.54 bits per heavy atom. The van der Waals surface area contributed by atoms with Crippen LogP contribution in [0.15, 0.2) is 69.7 Å². The molecule has 4 rings (SSSR count). The Kier molecular flexibility index (Phi) is 4.75. The Bertz CT molecular complexity index is 905. The molecule has 0 radical (unpaired) electrons. The van der Waals surface area contributed by atoms with Crippen LogP contribution in [0.2, 0.25) is 0 Å². The summed E-state index contributed by atoms with van der Waals surface area (Å²) in [5.74, 6) is 0.641. The van der Waals surface area contributed by atoms with Crippen molar-refractivity contribution >= 4 is 39.3 Å². The zero-order valence-corrected chi connectivity index (χ0v) is 16.3. The van der Waals surface area contributed by atoms with Crippen molar-refractivity contribution < 1.29 is 4.79 Å². The Morgan fingerprint density at radius 1 is 1.12 bits per heavy atom. The molecule has 0 spiro atoms. The molecule has 0 N–H and O–H groups in total. The highest BCUT2D eigenvalue weighted by Gasteiger charge is 2.38. The van der Waals surface area contributed by atoms with Crippen LogP contribution in [0.4, 0.5) is 5.69 Å². The van der Waals surface area contributed by atoms with E-state index < -0.39 is 0 Å². The van der Waals surface area contributed by atoms with E-state index in [0.29, 0.717) is 24.5 Å². The Labute approximate surface area is 165 Å². The van der Waals surface area contributed by atoms with E-state index in [-0.39, 0.29) is 11.8 Å². The van der Waals surface area contributed by atoms with E-state index in [1.165, 1.54) is 0 Å². The summed E-state index contributed by atoms with van der Waals surface area (Å²) in [5, 5.41) is 10.6. The van der Waals surface area contributed by atoms with Crippen molar-refractivity contribution in [1.82, 2.24) is 4.90 Å². The zero-order chi connectivity index (χ0) is 18.1. The first-order valence-corrected chi connectivity index (χ1v) is 10.1. The lowest BCUT2D eigenvalue weighted by Crippen LogP contribution is -2.47. The van der Waals surface area contributed by atoms with Crippen LogP contribution in [0.1, 0.15) is 17.9 Å². The fourth-order valence-electron chi connectivity index (χ4n) is 3.35. The lowest BCUT2D eigenvalue weighted by Gasteiger charge is -2.42. The molecule has 130 valence electrons. The number of nitrogens with zero attached hydrogens (tertiary/aromatic N) is 3. The van der Waals surface area contributed by atoms with E-state index >= 15 is 0 Å². The van der Waals surface area contributed by atoms with E-state index in [2.05, 4.69) is 26.9 Å². The van der Waals surface area contributed by atoms with Crippen LogP contribution in [0, 0.1) is 11.3 Å². The van der Waals surface area contributed by atoms with Gasteiger partial charge >= 0.3 is 0 Å². The second-order valence-corrected chi connectivity index (χ2v) is 8.10. The first-order valence-electron chi connectivity index (χ1n) is 8.30. The number of carbonyl (C=O) groups is 1. The van der Waals surface area contributed by atoms with Gasteiger partial charge in [-0.15, -0.1) is 0 Å². The molecule has 1 saturated heterocycles. The van der Waals surface area contributed by atoms with Crippen LogP contribution >= 0.6 is 27.7 Å². The number of carbonyl (C=O) groups excluding carboxylic acids is 1. The standard InChI is InChI=1S/C20H16BrN3OS/c21-15-6-8-16(9-7-15)23-12-24-19(25)10-17(14-4-2-1-3-5-14)18(11-22)20(24)26-13-23/h1-9,17H,10,12-13H2/t17-/m1/s1. The van der Waals surface area contributed by atoms with Crippen LogP contribution in [0.5, 0.6) is 0 Å². The predicted octanol–water partition coefficient (Wildman–Crippen LogP) is 4.67. The molecule has 2 aromatic carbocycles. The molecule has 26 heavy (non-hydrogen) atoms. The second-order valence-electron chi connectivity index (χ2n) is 6.25. The van der Waals surface area contributed by atoms with E-state index in [1.54, 1.807) is 16.7 Å². The number of nitriles is 1. The number of fused-ring (bicyclic) bond motifs is 1. The predicted molar refractivity (Wildman–Crippen MR) is 107 cm³/mol. The van der Waals surface area contributed by atoms with Gasteiger partial charge in [0.25, 0.3) is 0 Å². The molecule has 1 fully saturated rings. The number of anilines is 1. The lowest BCUT2D eigenvalue weighted by molar-refractivity contribution is -0.129. The summed E-state index contributed by atoms with van der Waals surface area (Å²) >= 11 is 5.01. The molecule has 1 atom stereocenters. The van der Waals surface area contributed by atoms with Gasteiger partial charge in [0.2, 0.25) is 5.91 Å². The average Bonchev–Trinajstić information content (AvgIpc) is 2.69. The minimum Gasteiger partial charge on any atom is -0.344 e. The molecule has 0 aliphatic carbocycles. The molecule has 2 aliphatic heterocycles. The van der Waals surface area contributed by atoms with Crippen molar-refractivity contribution in [2.24, 2.45) is 0 Å². The summed E-state index contributed by atoms with van der Waals surface area (Å²) in [6, 6.07) is 20.3. The van der Waals surface area contributed by atoms with Gasteiger partial charge in [0, 0.05) is 22.5 Å². The van der Waals surface area contributed by atoms with Gasteiger partial charge < -0.3 is 4.90 Å². The number of halogens is 1. The van der Waals surface area contributed by atoms with Gasteiger partial charge in [0.1, 0.15) is 0 Å². The molecule has 4 nitrogen and oxygen atoms in total. The number of amides is 1. The normalized spacial score (nSPS) is 20.0. The first-order chi connectivity index (χ1) is 12.7. The molecule has 0 saturated carbocycles. The fraction of sp³-hybridized carbons (Fsp3) is 0.200. The van der Waals surface area contributed by atoms with E-state index in [1.807, 2.05) is 54.6 Å². The molecule has 2 aromatic rings. The summed E-state index contributed by atoms with van der Waals surface area (Å²) in [4.78, 5) is 16.7. The third-order valence-corrected chi connectivity index (χ3v) is 6.37. The highest BCUT2D eigenvalue weighted by Crippen LogP contribution is 2.43. The highest BCUT2D eigenvalue weighted by molar-refractivity contribution is 9.10. The Balaban J connectivity index is 1.66. The maximum Gasteiger partial charge on any atom is 0.229 e. The van der Waals surface area contributed by atoms with E-state index in [9.17, 15) is 10.1 Å². The largest absolute Gasteiger partial charge is 0.344 e. The maximum absolute atomic E-state index is 12.8. The van der Waals surface area contributed by atoms with Gasteiger partial charge in [0.15, 0.2) is 0 Å². The minimum atomic E-state index is -0.147. The summed E-state index contributed by atoms with van der Waals surface area (Å²) in [6.07, 6.45) is 0.338. The quantitative estimate of drug-likeness (QED) is 0.701. The number of benzene rings is 2. The number of hydrogen-bond acceptors (Lipinski definition) is 4. The third-order valence-electron chi connectivity index (χ3n) is 4.69. The monoisotopic (exact) mass is 425 g/mol. The van der Waals surface area contributed by atoms with Crippen LogP contribution in [0.25, 0.3) is 0 Å². The maximum atomic E-state index is 12.8. The van der Waals surface area contributed by atoms with Crippen molar-refractivity contribution in [3.05, 3.63) is 75.2 Å². The van der Waals surface area contributed by atoms with Crippen LogP contribution in [-0.4, -0.2) is 23.4 Å². The number of hydrogen-bond donors (Lipinski definition) is 0. The Morgan fingerprint density at radius 2 is 1.85 bits per heavy atom. The fourth-order valence-corrected chi connectivity index (χ4v) is 4.78. The summed E-state index contributed by atoms with van der Waals surface area (Å²) in [6.45, 7) is 0.482. The second kappa shape index (κ2) is 7.18. The zero-order valence-electron chi connectivity index (χ0n) is 13.9. The van der Waals surface area contributed by atoms with Gasteiger partial charge in [-0.1, -0.05) is 58.0 Å². The van der Waals surface area contributed by atoms with Gasteiger partial charge in [-0.3, -0.25) is 9.69 Å². The summed E-state index contributed by atoms with van der Waals surface area (Å²) in [7, 11) is 0. The van der Waals surface area contributed by atoms with Crippen LogP contribution < -0.4 is 4.90 Å². The summed E-state index contributed by atoms with van der Waals surface area (Å²) < 4.78 is 1.03. The van der Waals surface area contributed by atoms with Crippen molar-refractivity contribution in [1.29, 1.82) is 5.26 Å². The van der Waals surface area contributed by atoms with Crippen molar-refractivity contribution in [3.63, 3.8) is 0 Å². The summed E-state index contributed by atoms with van der Waals surface area (Å²) in [5.41, 5.74) is 2.80. The van der Waals surface area contributed by atoms with E-state index in [0.717, 1.165) is 20.8 Å². The molecule has 6 heteroatoms. The minimum absolute atomic E-state index is 0.0714. The first kappa shape index (κ1) is 17.2. The SMILES string of the molecule is N#CC1=C2SCN(c3ccc(Br)cc3)CN2C(=O)C[C@@H]1c1ccccc1. The third kappa shape index (κ3) is 3.13. The van der Waals surface area contributed by atoms with Gasteiger partial charge in [-0.25, -0.2) is 0 Å². The van der Waals surface area contributed by atoms with Gasteiger partial charge in [-0.05, 0) is 29.8 Å². The average molecular weight is 426 g/mol. The van der Waals surface area contributed by atoms with Crippen molar-refractivity contribution in [2.75, 3.05) is 17.4 Å². The molecular formula is C20H16BrN3OS. The highest BCUT2D eigenvalue weighted by atomic mass is 79.9. The van der Waals surface area contributed by atoms with Crippen molar-refractivity contribution in [2.45, 2.75) is 12.3 Å². The molecular weight excluding hydrogens is 410 g/mol. The smallest absolute Gasteiger partial charge is 0.229 e. The number of thioether (sulfide) groups is 1. The van der Waals surface area contributed by atoms with Crippen LogP contribution in [0.3, 0.4) is 0 Å². The van der Waals surface area contributed by atoms with Gasteiger partial charge in [-0.2, -0.15) is 5.26 Å². The van der Waals surface area contributed by atoms with E-state index in [4.69, 9.17) is 0 Å². The molecule has 2 aliphatic rings. The molecule has 0 aromatic heterocycles. The molecule has 2 heterocycles. The lowest BCUT2D eigenvalue weighted by atomic mass is 9.86. The number of rotatable bonds is 2. The molecule has 1 amide bonds.